The van der Waals surface area contributed by atoms with Gasteiger partial charge < -0.3 is 5.32 Å². The molecular formula is C15H22ClN. The lowest BCUT2D eigenvalue weighted by Crippen LogP contribution is -2.26. The first kappa shape index (κ1) is 14.1. The molecule has 0 atom stereocenters. The Morgan fingerprint density at radius 3 is 2.53 bits per heavy atom. The lowest BCUT2D eigenvalue weighted by atomic mass is 10.0. The average Bonchev–Trinajstić information content (AvgIpc) is 2.19. The number of nitrogens with one attached hydrogen (secondary N) is 1. The van der Waals surface area contributed by atoms with Crippen molar-refractivity contribution in [3.05, 3.63) is 34.9 Å². The van der Waals surface area contributed by atoms with E-state index in [1.165, 1.54) is 11.1 Å². The highest BCUT2D eigenvalue weighted by molar-refractivity contribution is 6.30. The summed E-state index contributed by atoms with van der Waals surface area (Å²) in [5.41, 5.74) is 3.65. The molecule has 1 aromatic rings. The van der Waals surface area contributed by atoms with E-state index in [2.05, 4.69) is 52.1 Å². The van der Waals surface area contributed by atoms with E-state index >= 15 is 0 Å². The summed E-state index contributed by atoms with van der Waals surface area (Å²) in [7, 11) is 0. The van der Waals surface area contributed by atoms with Crippen LogP contribution in [0.25, 0.3) is 5.57 Å². The molecular weight excluding hydrogens is 230 g/mol. The maximum Gasteiger partial charge on any atom is 0.0421 e. The minimum absolute atomic E-state index is 0.0507. The Morgan fingerprint density at radius 2 is 2.00 bits per heavy atom. The Hall–Kier alpha value is -0.950. The van der Waals surface area contributed by atoms with Crippen LogP contribution in [0, 0.1) is 0 Å². The molecule has 1 rings (SSSR count). The van der Waals surface area contributed by atoms with Crippen molar-refractivity contribution >= 4 is 22.9 Å². The molecule has 0 saturated heterocycles. The molecule has 1 N–H and O–H groups in total. The van der Waals surface area contributed by atoms with E-state index in [4.69, 9.17) is 11.6 Å². The third kappa shape index (κ3) is 4.43. The second-order valence-electron chi connectivity index (χ2n) is 5.36. The third-order valence-corrected chi connectivity index (χ3v) is 2.66. The summed E-state index contributed by atoms with van der Waals surface area (Å²) in [6, 6.07) is 6.01. The van der Waals surface area contributed by atoms with Crippen molar-refractivity contribution in [2.75, 3.05) is 5.32 Å². The predicted molar refractivity (Wildman–Crippen MR) is 78.8 cm³/mol. The van der Waals surface area contributed by atoms with Gasteiger partial charge in [0.2, 0.25) is 0 Å². The lowest BCUT2D eigenvalue weighted by molar-refractivity contribution is 0.634. The van der Waals surface area contributed by atoms with Gasteiger partial charge in [-0.15, -0.1) is 0 Å². The molecule has 0 aliphatic carbocycles. The van der Waals surface area contributed by atoms with Gasteiger partial charge >= 0.3 is 0 Å². The summed E-state index contributed by atoms with van der Waals surface area (Å²) >= 11 is 6.08. The van der Waals surface area contributed by atoms with Crippen LogP contribution in [-0.4, -0.2) is 5.54 Å². The summed E-state index contributed by atoms with van der Waals surface area (Å²) in [6.07, 6.45) is 3.26. The fourth-order valence-electron chi connectivity index (χ4n) is 1.77. The molecule has 0 spiro atoms. The minimum atomic E-state index is 0.0507. The molecule has 0 saturated carbocycles. The number of benzene rings is 1. The predicted octanol–water partition coefficient (Wildman–Crippen LogP) is 5.36. The zero-order valence-electron chi connectivity index (χ0n) is 11.4. The van der Waals surface area contributed by atoms with E-state index < -0.39 is 0 Å². The molecule has 2 heteroatoms. The van der Waals surface area contributed by atoms with Gasteiger partial charge in [-0.1, -0.05) is 24.6 Å². The Bertz CT molecular complexity index is 413. The van der Waals surface area contributed by atoms with Gasteiger partial charge in [-0.05, 0) is 57.9 Å². The fourth-order valence-corrected chi connectivity index (χ4v) is 1.94. The Labute approximate surface area is 110 Å². The largest absolute Gasteiger partial charge is 0.380 e. The zero-order valence-corrected chi connectivity index (χ0v) is 12.2. The molecule has 0 bridgehead atoms. The van der Waals surface area contributed by atoms with Crippen LogP contribution in [0.4, 0.5) is 5.69 Å². The number of rotatable bonds is 3. The van der Waals surface area contributed by atoms with Crippen molar-refractivity contribution in [2.45, 2.75) is 46.6 Å². The second-order valence-corrected chi connectivity index (χ2v) is 5.80. The summed E-state index contributed by atoms with van der Waals surface area (Å²) < 4.78 is 0. The number of anilines is 1. The molecule has 0 radical (unpaired) electrons. The zero-order chi connectivity index (χ0) is 13.1. The van der Waals surface area contributed by atoms with Gasteiger partial charge in [0.15, 0.2) is 0 Å². The van der Waals surface area contributed by atoms with Crippen LogP contribution in [-0.2, 0) is 0 Å². The molecule has 0 aromatic heterocycles. The lowest BCUT2D eigenvalue weighted by Gasteiger charge is -2.24. The van der Waals surface area contributed by atoms with E-state index in [0.717, 1.165) is 17.1 Å². The highest BCUT2D eigenvalue weighted by Gasteiger charge is 2.13. The average molecular weight is 252 g/mol. The second kappa shape index (κ2) is 5.59. The first-order chi connectivity index (χ1) is 7.83. The fraction of sp³-hybridized carbons (Fsp3) is 0.467. The van der Waals surface area contributed by atoms with Crippen molar-refractivity contribution in [1.82, 2.24) is 0 Å². The molecule has 17 heavy (non-hydrogen) atoms. The van der Waals surface area contributed by atoms with Crippen LogP contribution in [0.15, 0.2) is 24.3 Å². The van der Waals surface area contributed by atoms with Crippen molar-refractivity contribution in [3.63, 3.8) is 0 Å². The van der Waals surface area contributed by atoms with Crippen LogP contribution in [0.5, 0.6) is 0 Å². The quantitative estimate of drug-likeness (QED) is 0.762. The van der Waals surface area contributed by atoms with Crippen LogP contribution < -0.4 is 5.32 Å². The smallest absolute Gasteiger partial charge is 0.0421 e. The van der Waals surface area contributed by atoms with Gasteiger partial charge in [0.05, 0.1) is 0 Å². The normalized spacial score (nSPS) is 12.7. The summed E-state index contributed by atoms with van der Waals surface area (Å²) in [5, 5.41) is 4.30. The van der Waals surface area contributed by atoms with Crippen LogP contribution in [0.3, 0.4) is 0 Å². The summed E-state index contributed by atoms with van der Waals surface area (Å²) in [5.74, 6) is 0. The molecule has 0 aliphatic heterocycles. The van der Waals surface area contributed by atoms with E-state index in [0.29, 0.717) is 0 Å². The van der Waals surface area contributed by atoms with Gasteiger partial charge in [0, 0.05) is 21.8 Å². The molecule has 94 valence electrons. The Kier molecular flexibility index (Phi) is 4.64. The SMILES string of the molecule is CC/C=C(\C)c1cc(Cl)ccc1NC(C)(C)C. The van der Waals surface area contributed by atoms with Gasteiger partial charge in [-0.3, -0.25) is 0 Å². The van der Waals surface area contributed by atoms with Crippen molar-refractivity contribution < 1.29 is 0 Å². The molecule has 1 nitrogen and oxygen atoms in total. The van der Waals surface area contributed by atoms with E-state index in [-0.39, 0.29) is 5.54 Å². The van der Waals surface area contributed by atoms with Crippen molar-refractivity contribution in [1.29, 1.82) is 0 Å². The third-order valence-electron chi connectivity index (χ3n) is 2.43. The molecule has 1 aromatic carbocycles. The van der Waals surface area contributed by atoms with Gasteiger partial charge in [0.25, 0.3) is 0 Å². The van der Waals surface area contributed by atoms with E-state index in [1.54, 1.807) is 0 Å². The topological polar surface area (TPSA) is 12.0 Å². The standard InChI is InChI=1S/C15H22ClN/c1-6-7-11(2)13-10-12(16)8-9-14(13)17-15(3,4)5/h7-10,17H,6H2,1-5H3/b11-7+. The monoisotopic (exact) mass is 251 g/mol. The van der Waals surface area contributed by atoms with Crippen LogP contribution >= 0.6 is 11.6 Å². The number of allylic oxidation sites excluding steroid dienone is 2. The molecule has 0 unspecified atom stereocenters. The summed E-state index contributed by atoms with van der Waals surface area (Å²) in [6.45, 7) is 10.7. The van der Waals surface area contributed by atoms with E-state index in [9.17, 15) is 0 Å². The number of halogens is 1. The minimum Gasteiger partial charge on any atom is -0.380 e. The van der Waals surface area contributed by atoms with Crippen LogP contribution in [0.1, 0.15) is 46.6 Å². The van der Waals surface area contributed by atoms with Gasteiger partial charge in [0.1, 0.15) is 0 Å². The first-order valence-corrected chi connectivity index (χ1v) is 6.46. The molecule has 0 amide bonds. The van der Waals surface area contributed by atoms with Gasteiger partial charge in [-0.25, -0.2) is 0 Å². The highest BCUT2D eigenvalue weighted by atomic mass is 35.5. The number of hydrogen-bond donors (Lipinski definition) is 1. The highest BCUT2D eigenvalue weighted by Crippen LogP contribution is 2.29. The Morgan fingerprint density at radius 1 is 1.35 bits per heavy atom. The number of hydrogen-bond acceptors (Lipinski definition) is 1. The Balaban J connectivity index is 3.17. The maximum absolute atomic E-state index is 6.08. The molecule has 0 heterocycles. The first-order valence-electron chi connectivity index (χ1n) is 6.08. The summed E-state index contributed by atoms with van der Waals surface area (Å²) in [4.78, 5) is 0. The molecule has 0 fully saturated rings. The van der Waals surface area contributed by atoms with Crippen molar-refractivity contribution in [3.8, 4) is 0 Å². The van der Waals surface area contributed by atoms with Crippen molar-refractivity contribution in [2.24, 2.45) is 0 Å². The van der Waals surface area contributed by atoms with Gasteiger partial charge in [-0.2, -0.15) is 0 Å². The van der Waals surface area contributed by atoms with Crippen LogP contribution in [0.2, 0.25) is 5.02 Å². The molecule has 0 aliphatic rings. The maximum atomic E-state index is 6.08. The van der Waals surface area contributed by atoms with E-state index in [1.807, 2.05) is 12.1 Å².